The van der Waals surface area contributed by atoms with Gasteiger partial charge in [-0.1, -0.05) is 5.11 Å². The third kappa shape index (κ3) is 13.9. The van der Waals surface area contributed by atoms with Gasteiger partial charge in [0.05, 0.1) is 11.1 Å². The highest BCUT2D eigenvalue weighted by Gasteiger charge is 2.33. The average Bonchev–Trinajstić information content (AvgIpc) is 2.89. The summed E-state index contributed by atoms with van der Waals surface area (Å²) in [7, 11) is 0. The van der Waals surface area contributed by atoms with Crippen LogP contribution >= 0.6 is 0 Å². The maximum absolute atomic E-state index is 13.0. The van der Waals surface area contributed by atoms with Crippen molar-refractivity contribution in [3.63, 3.8) is 0 Å². The molecule has 0 unspecified atom stereocenters. The van der Waals surface area contributed by atoms with Crippen LogP contribution in [0.25, 0.3) is 10.4 Å². The largest absolute Gasteiger partial charge is 0.356 e. The first-order valence-corrected chi connectivity index (χ1v) is 14.0. The number of carbonyl (C=O) groups excluding carboxylic acids is 3. The number of nitrogens with one attached hydrogen (secondary N) is 9. The molecule has 0 aromatic carbocycles. The Balaban J connectivity index is -0.00000400. The lowest BCUT2D eigenvalue weighted by atomic mass is 9.97. The molecule has 0 aliphatic carbocycles. The SMILES string of the molecule is CC(=O)NC12CNCCNCC(NC(=O)CCCC(=O)NCCCN=[N+]=[N-])(CNCCNC1)CNCCNC2.[HH].[HH].[HH].[HH]. The van der Waals surface area contributed by atoms with E-state index in [0.717, 1.165) is 0 Å². The van der Waals surface area contributed by atoms with Crippen LogP contribution < -0.4 is 47.9 Å². The number of fused-ring (bicyclic) bond motifs is 15. The number of rotatable bonds is 10. The van der Waals surface area contributed by atoms with E-state index >= 15 is 0 Å². The lowest BCUT2D eigenvalue weighted by molar-refractivity contribution is -0.124. The molecule has 3 aliphatic heterocycles. The van der Waals surface area contributed by atoms with Gasteiger partial charge in [-0.05, 0) is 18.4 Å². The molecule has 0 atom stereocenters. The zero-order valence-electron chi connectivity index (χ0n) is 23.3. The quantitative estimate of drug-likeness (QED) is 0.0641. The van der Waals surface area contributed by atoms with Gasteiger partial charge in [-0.25, -0.2) is 0 Å². The minimum absolute atomic E-state index is 0. The predicted octanol–water partition coefficient (Wildman–Crippen LogP) is -1.75. The second-order valence-electron chi connectivity index (χ2n) is 10.4. The van der Waals surface area contributed by atoms with Gasteiger partial charge in [-0.15, -0.1) is 0 Å². The molecule has 3 rings (SSSR count). The van der Waals surface area contributed by atoms with Gasteiger partial charge in [0.2, 0.25) is 17.7 Å². The van der Waals surface area contributed by atoms with E-state index in [1.165, 1.54) is 0 Å². The summed E-state index contributed by atoms with van der Waals surface area (Å²) >= 11 is 0. The first-order valence-electron chi connectivity index (χ1n) is 14.0. The Kier molecular flexibility index (Phi) is 15.7. The second-order valence-corrected chi connectivity index (χ2v) is 10.4. The Labute approximate surface area is 237 Å². The summed E-state index contributed by atoms with van der Waals surface area (Å²) in [4.78, 5) is 39.7. The van der Waals surface area contributed by atoms with Crippen molar-refractivity contribution in [1.29, 1.82) is 0 Å². The van der Waals surface area contributed by atoms with E-state index in [1.807, 2.05) is 0 Å². The summed E-state index contributed by atoms with van der Waals surface area (Å²) in [5.41, 5.74) is 7.30. The summed E-state index contributed by atoms with van der Waals surface area (Å²) in [5, 5.41) is 33.5. The van der Waals surface area contributed by atoms with Crippen molar-refractivity contribution in [3.8, 4) is 0 Å². The van der Waals surface area contributed by atoms with Crippen LogP contribution in [0.2, 0.25) is 0 Å². The summed E-state index contributed by atoms with van der Waals surface area (Å²) in [6.07, 6.45) is 1.55. The predicted molar refractivity (Wildman–Crippen MR) is 159 cm³/mol. The molecular formula is C24H56N12O3. The van der Waals surface area contributed by atoms with Crippen LogP contribution in [-0.2, 0) is 14.4 Å². The molecular weight excluding hydrogens is 504 g/mol. The average molecular weight is 561 g/mol. The molecule has 39 heavy (non-hydrogen) atoms. The highest BCUT2D eigenvalue weighted by Crippen LogP contribution is 2.07. The zero-order chi connectivity index (χ0) is 28.2. The van der Waals surface area contributed by atoms with Crippen molar-refractivity contribution in [2.24, 2.45) is 5.11 Å². The van der Waals surface area contributed by atoms with Crippen LogP contribution in [0.5, 0.6) is 0 Å². The molecule has 15 heteroatoms. The molecule has 0 spiro atoms. The van der Waals surface area contributed by atoms with Gasteiger partial charge < -0.3 is 47.9 Å². The van der Waals surface area contributed by atoms with Gasteiger partial charge in [-0.2, -0.15) is 0 Å². The van der Waals surface area contributed by atoms with Crippen molar-refractivity contribution < 1.29 is 20.1 Å². The molecule has 15 nitrogen and oxygen atoms in total. The van der Waals surface area contributed by atoms with Gasteiger partial charge in [0.1, 0.15) is 0 Å². The van der Waals surface area contributed by atoms with Gasteiger partial charge in [-0.3, -0.25) is 14.4 Å². The summed E-state index contributed by atoms with van der Waals surface area (Å²) in [6, 6.07) is 0. The molecule has 3 saturated heterocycles. The van der Waals surface area contributed by atoms with Crippen molar-refractivity contribution in [2.75, 3.05) is 91.6 Å². The molecule has 3 heterocycles. The molecule has 230 valence electrons. The maximum Gasteiger partial charge on any atom is 0.220 e. The minimum Gasteiger partial charge on any atom is -0.356 e. The van der Waals surface area contributed by atoms with Crippen LogP contribution in [0.15, 0.2) is 5.11 Å². The van der Waals surface area contributed by atoms with E-state index < -0.39 is 11.1 Å². The highest BCUT2D eigenvalue weighted by atomic mass is 16.2. The molecule has 0 radical (unpaired) electrons. The maximum atomic E-state index is 13.0. The second kappa shape index (κ2) is 18.7. The van der Waals surface area contributed by atoms with Crippen LogP contribution in [0, 0.1) is 0 Å². The molecule has 2 bridgehead atoms. The van der Waals surface area contributed by atoms with E-state index in [-0.39, 0.29) is 36.3 Å². The van der Waals surface area contributed by atoms with Crippen molar-refractivity contribution in [2.45, 2.75) is 43.7 Å². The Morgan fingerprint density at radius 3 is 1.62 bits per heavy atom. The van der Waals surface area contributed by atoms with Gasteiger partial charge >= 0.3 is 0 Å². The smallest absolute Gasteiger partial charge is 0.220 e. The van der Waals surface area contributed by atoms with Crippen LogP contribution in [0.4, 0.5) is 0 Å². The third-order valence-corrected chi connectivity index (χ3v) is 6.69. The third-order valence-electron chi connectivity index (χ3n) is 6.69. The van der Waals surface area contributed by atoms with Crippen LogP contribution in [0.3, 0.4) is 0 Å². The van der Waals surface area contributed by atoms with E-state index in [1.54, 1.807) is 6.92 Å². The monoisotopic (exact) mass is 560 g/mol. The number of hydrogen-bond acceptors (Lipinski definition) is 10. The van der Waals surface area contributed by atoms with E-state index in [4.69, 9.17) is 5.53 Å². The molecule has 0 aromatic rings. The normalized spacial score (nSPS) is 25.4. The fourth-order valence-corrected chi connectivity index (χ4v) is 4.79. The molecule has 3 fully saturated rings. The van der Waals surface area contributed by atoms with Crippen molar-refractivity contribution >= 4 is 17.7 Å². The first kappa shape index (κ1) is 32.7. The number of amides is 3. The highest BCUT2D eigenvalue weighted by molar-refractivity contribution is 5.79. The van der Waals surface area contributed by atoms with Crippen LogP contribution in [0.1, 0.15) is 38.3 Å². The minimum atomic E-state index is -0.547. The Morgan fingerprint density at radius 1 is 0.744 bits per heavy atom. The molecule has 0 aromatic heterocycles. The van der Waals surface area contributed by atoms with Gasteiger partial charge in [0.25, 0.3) is 0 Å². The Hall–Kier alpha value is -2.52. The van der Waals surface area contributed by atoms with E-state index in [2.05, 4.69) is 57.9 Å². The van der Waals surface area contributed by atoms with Crippen molar-refractivity contribution in [3.05, 3.63) is 10.4 Å². The first-order chi connectivity index (χ1) is 18.9. The van der Waals surface area contributed by atoms with Crippen molar-refractivity contribution in [1.82, 2.24) is 47.9 Å². The fraction of sp³-hybridized carbons (Fsp3) is 0.875. The summed E-state index contributed by atoms with van der Waals surface area (Å²) < 4.78 is 0. The zero-order valence-corrected chi connectivity index (χ0v) is 23.3. The topological polar surface area (TPSA) is 208 Å². The molecule has 3 amide bonds. The molecule has 9 N–H and O–H groups in total. The van der Waals surface area contributed by atoms with Crippen LogP contribution in [-0.4, -0.2) is 120 Å². The Bertz CT molecular complexity index is 781. The summed E-state index contributed by atoms with van der Waals surface area (Å²) in [6.45, 7) is 10.2. The lowest BCUT2D eigenvalue weighted by Gasteiger charge is -2.38. The van der Waals surface area contributed by atoms with Gasteiger partial charge in [0, 0.05) is 122 Å². The number of carbonyl (C=O) groups is 3. The summed E-state index contributed by atoms with van der Waals surface area (Å²) in [5.74, 6) is -0.258. The standard InChI is InChI=1S/C24H48N12O3.4H2/c1-20(37)34-23-14-26-8-11-29-17-24(18-30-12-9-27-15-23,19-31-13-10-28-16-23)35-22(39)5-2-4-21(38)32-6-3-7-33-36-25;;;;/h26-31H,2-19H2,1H3,(H,32,38)(H,34,37)(H,35,39);4*1H. The van der Waals surface area contributed by atoms with E-state index in [0.29, 0.717) is 104 Å². The van der Waals surface area contributed by atoms with Gasteiger partial charge in [0.15, 0.2) is 0 Å². The Morgan fingerprint density at radius 2 is 1.18 bits per heavy atom. The fourth-order valence-electron chi connectivity index (χ4n) is 4.79. The van der Waals surface area contributed by atoms with E-state index in [9.17, 15) is 14.4 Å². The lowest BCUT2D eigenvalue weighted by Crippen LogP contribution is -2.68. The number of hydrogen-bond donors (Lipinski definition) is 9. The number of nitrogens with zero attached hydrogens (tertiary/aromatic N) is 3. The molecule has 0 saturated carbocycles. The number of azide groups is 1. The molecule has 3 aliphatic rings.